The van der Waals surface area contributed by atoms with Gasteiger partial charge >= 0.3 is 0 Å². The number of carbonyl (C=O) groups excluding carboxylic acids is 1. The number of hydrogen-bond acceptors (Lipinski definition) is 3. The minimum atomic E-state index is -0.464. The molecule has 0 aliphatic carbocycles. The van der Waals surface area contributed by atoms with Gasteiger partial charge in [-0.15, -0.1) is 0 Å². The summed E-state index contributed by atoms with van der Waals surface area (Å²) >= 11 is 3.40. The van der Waals surface area contributed by atoms with Crippen LogP contribution in [0.4, 0.5) is 4.39 Å². The predicted molar refractivity (Wildman–Crippen MR) is 131 cm³/mol. The van der Waals surface area contributed by atoms with Crippen molar-refractivity contribution in [3.63, 3.8) is 0 Å². The molecule has 1 aromatic heterocycles. The van der Waals surface area contributed by atoms with E-state index in [1.54, 1.807) is 47.4 Å². The number of para-hydroxylation sites is 1. The first-order valence-electron chi connectivity index (χ1n) is 10.8. The molecule has 0 saturated carbocycles. The van der Waals surface area contributed by atoms with E-state index in [-0.39, 0.29) is 11.5 Å². The first kappa shape index (κ1) is 22.9. The summed E-state index contributed by atoms with van der Waals surface area (Å²) in [4.78, 5) is 33.6. The van der Waals surface area contributed by atoms with Crippen LogP contribution >= 0.6 is 15.9 Å². The molecule has 33 heavy (non-hydrogen) atoms. The fourth-order valence-electron chi connectivity index (χ4n) is 4.02. The average molecular weight is 508 g/mol. The molecule has 0 N–H and O–H groups in total. The maximum Gasteiger partial charge on any atom is 0.266 e. The second-order valence-corrected chi connectivity index (χ2v) is 8.54. The van der Waals surface area contributed by atoms with Gasteiger partial charge in [0.1, 0.15) is 11.6 Å². The van der Waals surface area contributed by atoms with Crippen molar-refractivity contribution in [3.05, 3.63) is 105 Å². The lowest BCUT2D eigenvalue weighted by atomic mass is 10.1. The zero-order valence-corrected chi connectivity index (χ0v) is 19.9. The van der Waals surface area contributed by atoms with Crippen LogP contribution in [0.5, 0.6) is 0 Å². The summed E-state index contributed by atoms with van der Waals surface area (Å²) < 4.78 is 16.0. The summed E-state index contributed by atoms with van der Waals surface area (Å²) in [6.45, 7) is 4.29. The Balaban J connectivity index is 1.92. The molecule has 0 aliphatic heterocycles. The Hall–Kier alpha value is -3.32. The van der Waals surface area contributed by atoms with Crippen LogP contribution in [0.15, 0.2) is 82.1 Å². The second kappa shape index (κ2) is 9.67. The van der Waals surface area contributed by atoms with Gasteiger partial charge in [-0.3, -0.25) is 14.2 Å². The van der Waals surface area contributed by atoms with Gasteiger partial charge in [-0.1, -0.05) is 35.0 Å². The minimum absolute atomic E-state index is 0.148. The molecule has 7 heteroatoms. The number of aromatic nitrogens is 2. The SMILES string of the molecule is CCC(c1nc2ccccc2c(=O)n1-c1ccc(F)cc1)N(CC)C(=O)c1ccc(Br)cc1. The summed E-state index contributed by atoms with van der Waals surface area (Å²) in [5.41, 5.74) is 1.35. The molecular weight excluding hydrogens is 485 g/mol. The van der Waals surface area contributed by atoms with Crippen molar-refractivity contribution in [1.82, 2.24) is 14.5 Å². The molecule has 5 nitrogen and oxygen atoms in total. The lowest BCUT2D eigenvalue weighted by Crippen LogP contribution is -2.38. The molecule has 168 valence electrons. The van der Waals surface area contributed by atoms with Gasteiger partial charge in [0, 0.05) is 16.6 Å². The predicted octanol–water partition coefficient (Wildman–Crippen LogP) is 5.90. The number of nitrogens with zero attached hydrogens (tertiary/aromatic N) is 3. The summed E-state index contributed by atoms with van der Waals surface area (Å²) in [5.74, 6) is -0.0974. The molecule has 4 aromatic rings. The molecule has 0 aliphatic rings. The molecule has 1 amide bonds. The molecule has 3 aromatic carbocycles. The molecule has 0 spiro atoms. The van der Waals surface area contributed by atoms with Crippen LogP contribution < -0.4 is 5.56 Å². The standard InChI is InChI=1S/C26H23BrFN3O2/c1-3-23(30(4-2)25(32)17-9-11-18(27)12-10-17)24-29-22-8-6-5-7-21(22)26(33)31(24)20-15-13-19(28)14-16-20/h5-16,23H,3-4H2,1-2H3. The van der Waals surface area contributed by atoms with Crippen LogP contribution in [0, 0.1) is 5.82 Å². The third-order valence-corrected chi connectivity index (χ3v) is 6.17. The van der Waals surface area contributed by atoms with E-state index < -0.39 is 11.9 Å². The van der Waals surface area contributed by atoms with Gasteiger partial charge in [0.2, 0.25) is 0 Å². The van der Waals surface area contributed by atoms with Gasteiger partial charge in [-0.05, 0) is 74.0 Å². The fourth-order valence-corrected chi connectivity index (χ4v) is 4.28. The van der Waals surface area contributed by atoms with Gasteiger partial charge in [-0.25, -0.2) is 9.37 Å². The van der Waals surface area contributed by atoms with Crippen LogP contribution in [0.1, 0.15) is 42.5 Å². The maximum absolute atomic E-state index is 13.6. The van der Waals surface area contributed by atoms with Gasteiger partial charge in [0.25, 0.3) is 11.5 Å². The van der Waals surface area contributed by atoms with Crippen LogP contribution in [-0.2, 0) is 0 Å². The van der Waals surface area contributed by atoms with Crippen LogP contribution in [0.2, 0.25) is 0 Å². The first-order chi connectivity index (χ1) is 15.9. The largest absolute Gasteiger partial charge is 0.329 e. The van der Waals surface area contributed by atoms with Gasteiger partial charge < -0.3 is 4.90 Å². The van der Waals surface area contributed by atoms with E-state index in [4.69, 9.17) is 4.98 Å². The van der Waals surface area contributed by atoms with Crippen molar-refractivity contribution in [2.24, 2.45) is 0 Å². The zero-order chi connectivity index (χ0) is 23.5. The van der Waals surface area contributed by atoms with Crippen LogP contribution in [-0.4, -0.2) is 26.9 Å². The first-order valence-corrected chi connectivity index (χ1v) is 11.6. The van der Waals surface area contributed by atoms with E-state index in [0.717, 1.165) is 4.47 Å². The highest BCUT2D eigenvalue weighted by Crippen LogP contribution is 2.27. The molecule has 0 radical (unpaired) electrons. The Morgan fingerprint density at radius 2 is 1.70 bits per heavy atom. The number of hydrogen-bond donors (Lipinski definition) is 0. The van der Waals surface area contributed by atoms with Crippen LogP contribution in [0.3, 0.4) is 0 Å². The summed E-state index contributed by atoms with van der Waals surface area (Å²) in [7, 11) is 0. The summed E-state index contributed by atoms with van der Waals surface area (Å²) in [6, 6.07) is 19.6. The lowest BCUT2D eigenvalue weighted by Gasteiger charge is -2.31. The Labute approximate surface area is 199 Å². The zero-order valence-electron chi connectivity index (χ0n) is 18.3. The van der Waals surface area contributed by atoms with E-state index in [1.807, 2.05) is 32.0 Å². The van der Waals surface area contributed by atoms with E-state index >= 15 is 0 Å². The fraction of sp³-hybridized carbons (Fsp3) is 0.192. The molecule has 0 bridgehead atoms. The topological polar surface area (TPSA) is 55.2 Å². The van der Waals surface area contributed by atoms with Crippen molar-refractivity contribution >= 4 is 32.7 Å². The second-order valence-electron chi connectivity index (χ2n) is 7.63. The Morgan fingerprint density at radius 3 is 2.33 bits per heavy atom. The molecule has 1 heterocycles. The number of rotatable bonds is 6. The summed E-state index contributed by atoms with van der Waals surface area (Å²) in [5, 5.41) is 0.461. The van der Waals surface area contributed by atoms with E-state index in [2.05, 4.69) is 15.9 Å². The molecular formula is C26H23BrFN3O2. The molecule has 4 rings (SSSR count). The van der Waals surface area contributed by atoms with Gasteiger partial charge in [0.05, 0.1) is 22.6 Å². The number of amides is 1. The van der Waals surface area contributed by atoms with Crippen molar-refractivity contribution in [2.75, 3.05) is 6.54 Å². The molecule has 0 fully saturated rings. The normalized spacial score (nSPS) is 12.0. The number of carbonyl (C=O) groups is 1. The molecule has 1 unspecified atom stereocenters. The van der Waals surface area contributed by atoms with E-state index in [0.29, 0.717) is 40.9 Å². The van der Waals surface area contributed by atoms with Crippen molar-refractivity contribution in [3.8, 4) is 5.69 Å². The minimum Gasteiger partial charge on any atom is -0.329 e. The number of fused-ring (bicyclic) bond motifs is 1. The third kappa shape index (κ3) is 4.46. The Bertz CT molecular complexity index is 1350. The van der Waals surface area contributed by atoms with Gasteiger partial charge in [0.15, 0.2) is 0 Å². The van der Waals surface area contributed by atoms with Crippen molar-refractivity contribution < 1.29 is 9.18 Å². The van der Waals surface area contributed by atoms with Crippen molar-refractivity contribution in [2.45, 2.75) is 26.3 Å². The quantitative estimate of drug-likeness (QED) is 0.326. The molecule has 0 saturated heterocycles. The Kier molecular flexibility index (Phi) is 6.70. The number of benzene rings is 3. The number of halogens is 2. The Morgan fingerprint density at radius 1 is 1.03 bits per heavy atom. The highest BCUT2D eigenvalue weighted by molar-refractivity contribution is 9.10. The van der Waals surface area contributed by atoms with E-state index in [1.165, 1.54) is 16.7 Å². The highest BCUT2D eigenvalue weighted by Gasteiger charge is 2.28. The smallest absolute Gasteiger partial charge is 0.266 e. The average Bonchev–Trinajstić information content (AvgIpc) is 2.83. The van der Waals surface area contributed by atoms with Crippen molar-refractivity contribution in [1.29, 1.82) is 0 Å². The summed E-state index contributed by atoms with van der Waals surface area (Å²) in [6.07, 6.45) is 0.544. The van der Waals surface area contributed by atoms with Crippen LogP contribution in [0.25, 0.3) is 16.6 Å². The highest BCUT2D eigenvalue weighted by atomic mass is 79.9. The maximum atomic E-state index is 13.6. The molecule has 1 atom stereocenters. The lowest BCUT2D eigenvalue weighted by molar-refractivity contribution is 0.0672. The third-order valence-electron chi connectivity index (χ3n) is 5.64. The van der Waals surface area contributed by atoms with Gasteiger partial charge in [-0.2, -0.15) is 0 Å². The van der Waals surface area contributed by atoms with E-state index in [9.17, 15) is 14.0 Å². The monoisotopic (exact) mass is 507 g/mol.